The minimum Gasteiger partial charge on any atom is -0.300 e. The van der Waals surface area contributed by atoms with Crippen LogP contribution in [0.25, 0.3) is 0 Å². The number of likely N-dealkylation sites (tertiary alicyclic amines) is 1. The Hall–Kier alpha value is -0.0400. The molecule has 88 valence electrons. The summed E-state index contributed by atoms with van der Waals surface area (Å²) in [4.78, 5) is 2.80. The average molecular weight is 209 g/mol. The second-order valence-corrected chi connectivity index (χ2v) is 5.56. The Morgan fingerprint density at radius 2 is 1.60 bits per heavy atom. The monoisotopic (exact) mass is 209 g/mol. The topological polar surface area (TPSA) is 3.24 Å². The smallest absolute Gasteiger partial charge is 0.00952 e. The second-order valence-electron chi connectivity index (χ2n) is 5.56. The van der Waals surface area contributed by atoms with Gasteiger partial charge in [-0.1, -0.05) is 39.0 Å². The van der Waals surface area contributed by atoms with Gasteiger partial charge in [0.2, 0.25) is 0 Å². The fraction of sp³-hybridized carbons (Fsp3) is 1.00. The van der Waals surface area contributed by atoms with Crippen LogP contribution in [0, 0.1) is 5.92 Å². The molecule has 1 aliphatic heterocycles. The lowest BCUT2D eigenvalue weighted by molar-refractivity contribution is 0.104. The largest absolute Gasteiger partial charge is 0.300 e. The fourth-order valence-electron chi connectivity index (χ4n) is 3.46. The van der Waals surface area contributed by atoms with E-state index < -0.39 is 0 Å². The highest BCUT2D eigenvalue weighted by Gasteiger charge is 2.25. The van der Waals surface area contributed by atoms with Crippen LogP contribution >= 0.6 is 0 Å². The van der Waals surface area contributed by atoms with E-state index >= 15 is 0 Å². The lowest BCUT2D eigenvalue weighted by atomic mass is 9.88. The zero-order chi connectivity index (χ0) is 10.5. The molecule has 1 nitrogen and oxygen atoms in total. The summed E-state index contributed by atoms with van der Waals surface area (Å²) < 4.78 is 0. The minimum absolute atomic E-state index is 0.960. The molecular formula is C14H27N. The molecule has 1 saturated heterocycles. The lowest BCUT2D eigenvalue weighted by Crippen LogP contribution is -2.42. The van der Waals surface area contributed by atoms with Gasteiger partial charge in [-0.3, -0.25) is 0 Å². The highest BCUT2D eigenvalue weighted by Crippen LogP contribution is 2.28. The molecule has 2 fully saturated rings. The average Bonchev–Trinajstić information content (AvgIpc) is 2.32. The van der Waals surface area contributed by atoms with Crippen molar-refractivity contribution in [2.45, 2.75) is 70.8 Å². The molecule has 2 aliphatic rings. The molecule has 0 aromatic rings. The van der Waals surface area contributed by atoms with Gasteiger partial charge < -0.3 is 4.90 Å². The van der Waals surface area contributed by atoms with E-state index in [0.29, 0.717) is 0 Å². The van der Waals surface area contributed by atoms with E-state index in [0.717, 1.165) is 12.0 Å². The van der Waals surface area contributed by atoms with Gasteiger partial charge in [0.05, 0.1) is 0 Å². The molecule has 1 aliphatic carbocycles. The molecular weight excluding hydrogens is 182 g/mol. The number of hydrogen-bond donors (Lipinski definition) is 0. The van der Waals surface area contributed by atoms with Crippen LogP contribution in [0.1, 0.15) is 64.7 Å². The van der Waals surface area contributed by atoms with Crippen molar-refractivity contribution in [1.29, 1.82) is 0 Å². The molecule has 1 heterocycles. The molecule has 0 radical (unpaired) electrons. The van der Waals surface area contributed by atoms with Crippen LogP contribution in [0.2, 0.25) is 0 Å². The summed E-state index contributed by atoms with van der Waals surface area (Å²) in [5.74, 6) is 1.05. The van der Waals surface area contributed by atoms with Crippen LogP contribution in [0.5, 0.6) is 0 Å². The van der Waals surface area contributed by atoms with Gasteiger partial charge in [0.1, 0.15) is 0 Å². The maximum Gasteiger partial charge on any atom is 0.00952 e. The first-order chi connectivity index (χ1) is 7.40. The molecule has 0 aromatic heterocycles. The Balaban J connectivity index is 1.72. The van der Waals surface area contributed by atoms with E-state index in [9.17, 15) is 0 Å². The highest BCUT2D eigenvalue weighted by atomic mass is 15.2. The Bertz CT molecular complexity index is 164. The van der Waals surface area contributed by atoms with E-state index in [1.807, 2.05) is 0 Å². The molecule has 0 unspecified atom stereocenters. The first kappa shape index (κ1) is 11.4. The van der Waals surface area contributed by atoms with Gasteiger partial charge in [0.15, 0.2) is 0 Å². The number of nitrogens with zero attached hydrogens (tertiary/aromatic N) is 1. The lowest BCUT2D eigenvalue weighted by Gasteiger charge is -2.39. The van der Waals surface area contributed by atoms with E-state index in [-0.39, 0.29) is 0 Å². The van der Waals surface area contributed by atoms with Gasteiger partial charge in [0.25, 0.3) is 0 Å². The third-order valence-electron chi connectivity index (χ3n) is 4.44. The summed E-state index contributed by atoms with van der Waals surface area (Å²) in [6.07, 6.45) is 13.2. The van der Waals surface area contributed by atoms with Crippen molar-refractivity contribution in [2.24, 2.45) is 5.92 Å². The molecule has 0 bridgehead atoms. The maximum atomic E-state index is 2.80. The maximum absolute atomic E-state index is 2.80. The first-order valence-electron chi connectivity index (χ1n) is 7.14. The van der Waals surface area contributed by atoms with Gasteiger partial charge in [-0.25, -0.2) is 0 Å². The molecule has 1 heteroatoms. The summed E-state index contributed by atoms with van der Waals surface area (Å²) in [5.41, 5.74) is 0. The fourth-order valence-corrected chi connectivity index (χ4v) is 3.46. The third kappa shape index (κ3) is 3.21. The second kappa shape index (κ2) is 5.89. The molecule has 1 saturated carbocycles. The Morgan fingerprint density at radius 1 is 0.933 bits per heavy atom. The molecule has 0 aromatic carbocycles. The van der Waals surface area contributed by atoms with Crippen LogP contribution in [-0.2, 0) is 0 Å². The quantitative estimate of drug-likeness (QED) is 0.683. The highest BCUT2D eigenvalue weighted by molar-refractivity contribution is 4.80. The third-order valence-corrected chi connectivity index (χ3v) is 4.44. The van der Waals surface area contributed by atoms with Crippen molar-refractivity contribution in [3.05, 3.63) is 0 Å². The first-order valence-corrected chi connectivity index (χ1v) is 7.14. The van der Waals surface area contributed by atoms with Gasteiger partial charge in [-0.05, 0) is 44.7 Å². The SMILES string of the molecule is CCCC1CCN(C2CCCCC2)CC1. The Morgan fingerprint density at radius 3 is 2.20 bits per heavy atom. The summed E-state index contributed by atoms with van der Waals surface area (Å²) in [6.45, 7) is 5.12. The summed E-state index contributed by atoms with van der Waals surface area (Å²) >= 11 is 0. The Labute approximate surface area is 95.2 Å². The van der Waals surface area contributed by atoms with Crippen LogP contribution in [0.3, 0.4) is 0 Å². The normalized spacial score (nSPS) is 27.0. The van der Waals surface area contributed by atoms with Crippen molar-refractivity contribution >= 4 is 0 Å². The van der Waals surface area contributed by atoms with Crippen molar-refractivity contribution in [3.63, 3.8) is 0 Å². The van der Waals surface area contributed by atoms with Crippen LogP contribution in [0.4, 0.5) is 0 Å². The number of rotatable bonds is 3. The van der Waals surface area contributed by atoms with Crippen LogP contribution < -0.4 is 0 Å². The van der Waals surface area contributed by atoms with Crippen molar-refractivity contribution in [1.82, 2.24) is 4.90 Å². The van der Waals surface area contributed by atoms with Crippen LogP contribution in [-0.4, -0.2) is 24.0 Å². The summed E-state index contributed by atoms with van der Waals surface area (Å²) in [5, 5.41) is 0. The summed E-state index contributed by atoms with van der Waals surface area (Å²) in [7, 11) is 0. The predicted octanol–water partition coefficient (Wildman–Crippen LogP) is 3.83. The minimum atomic E-state index is 0.960. The van der Waals surface area contributed by atoms with Gasteiger partial charge in [-0.2, -0.15) is 0 Å². The van der Waals surface area contributed by atoms with E-state index in [1.165, 1.54) is 70.9 Å². The van der Waals surface area contributed by atoms with Crippen molar-refractivity contribution in [2.75, 3.05) is 13.1 Å². The predicted molar refractivity (Wildman–Crippen MR) is 66.1 cm³/mol. The Kier molecular flexibility index (Phi) is 4.49. The standard InChI is InChI=1S/C14H27N/c1-2-6-13-9-11-15(12-10-13)14-7-4-3-5-8-14/h13-14H,2-12H2,1H3. The summed E-state index contributed by atoms with van der Waals surface area (Å²) in [6, 6.07) is 0.960. The van der Waals surface area contributed by atoms with E-state index in [4.69, 9.17) is 0 Å². The van der Waals surface area contributed by atoms with Gasteiger partial charge in [-0.15, -0.1) is 0 Å². The molecule has 0 atom stereocenters. The van der Waals surface area contributed by atoms with E-state index in [1.54, 1.807) is 0 Å². The zero-order valence-electron chi connectivity index (χ0n) is 10.4. The molecule has 0 amide bonds. The molecule has 2 rings (SSSR count). The molecule has 15 heavy (non-hydrogen) atoms. The zero-order valence-corrected chi connectivity index (χ0v) is 10.4. The van der Waals surface area contributed by atoms with Crippen molar-refractivity contribution < 1.29 is 0 Å². The molecule has 0 spiro atoms. The van der Waals surface area contributed by atoms with Gasteiger partial charge in [0, 0.05) is 6.04 Å². The number of piperidine rings is 1. The van der Waals surface area contributed by atoms with Crippen LogP contribution in [0.15, 0.2) is 0 Å². The van der Waals surface area contributed by atoms with Crippen molar-refractivity contribution in [3.8, 4) is 0 Å². The number of hydrogen-bond acceptors (Lipinski definition) is 1. The molecule has 0 N–H and O–H groups in total. The van der Waals surface area contributed by atoms with E-state index in [2.05, 4.69) is 11.8 Å². The van der Waals surface area contributed by atoms with Gasteiger partial charge >= 0.3 is 0 Å².